The summed E-state index contributed by atoms with van der Waals surface area (Å²) in [6.45, 7) is 2.96. The largest absolute Gasteiger partial charge is 0.442 e. The van der Waals surface area contributed by atoms with Crippen molar-refractivity contribution < 1.29 is 28.7 Å². The number of pyridine rings is 1. The summed E-state index contributed by atoms with van der Waals surface area (Å²) in [4.78, 5) is 52.0. The molecule has 0 saturated carbocycles. The van der Waals surface area contributed by atoms with Crippen molar-refractivity contribution in [2.75, 3.05) is 49.1 Å². The van der Waals surface area contributed by atoms with E-state index in [4.69, 9.17) is 4.74 Å². The number of anilines is 2. The molecular formula is C22H24FN5O6. The number of rotatable bonds is 5. The predicted molar refractivity (Wildman–Crippen MR) is 119 cm³/mol. The molecule has 2 N–H and O–H groups in total. The molecule has 1 aromatic heterocycles. The number of nitrogens with zero attached hydrogens (tertiary/aromatic N) is 4. The van der Waals surface area contributed by atoms with Gasteiger partial charge in [0, 0.05) is 39.2 Å². The third kappa shape index (κ3) is 4.65. The summed E-state index contributed by atoms with van der Waals surface area (Å²) in [7, 11) is 0. The number of hydrogen-bond donors (Lipinski definition) is 2. The lowest BCUT2D eigenvalue weighted by Gasteiger charge is -2.36. The molecule has 0 radical (unpaired) electrons. The number of aromatic nitrogens is 1. The fourth-order valence-electron chi connectivity index (χ4n) is 3.97. The summed E-state index contributed by atoms with van der Waals surface area (Å²) >= 11 is 0. The van der Waals surface area contributed by atoms with Crippen LogP contribution in [0.4, 0.5) is 20.6 Å². The Morgan fingerprint density at radius 1 is 1.15 bits per heavy atom. The molecule has 2 aliphatic rings. The molecule has 34 heavy (non-hydrogen) atoms. The minimum Gasteiger partial charge on any atom is -0.442 e. The maximum Gasteiger partial charge on any atom is 0.414 e. The van der Waals surface area contributed by atoms with Gasteiger partial charge in [0.25, 0.3) is 11.5 Å². The number of cyclic esters (lactones) is 1. The molecule has 1 aromatic carbocycles. The van der Waals surface area contributed by atoms with Crippen LogP contribution in [-0.2, 0) is 9.53 Å². The van der Waals surface area contributed by atoms with E-state index in [1.54, 1.807) is 17.0 Å². The average Bonchev–Trinajstić information content (AvgIpc) is 3.19. The van der Waals surface area contributed by atoms with Crippen molar-refractivity contribution in [2.45, 2.75) is 13.0 Å². The van der Waals surface area contributed by atoms with E-state index in [9.17, 15) is 28.8 Å². The Bertz CT molecular complexity index is 1180. The fraction of sp³-hybridized carbons (Fsp3) is 0.364. The van der Waals surface area contributed by atoms with Crippen LogP contribution in [0.2, 0.25) is 0 Å². The van der Waals surface area contributed by atoms with Crippen molar-refractivity contribution in [3.63, 3.8) is 0 Å². The molecular weight excluding hydrogens is 449 g/mol. The van der Waals surface area contributed by atoms with Gasteiger partial charge in [0.05, 0.1) is 24.5 Å². The van der Waals surface area contributed by atoms with Crippen molar-refractivity contribution in [3.05, 3.63) is 58.3 Å². The van der Waals surface area contributed by atoms with Gasteiger partial charge in [-0.15, -0.1) is 4.73 Å². The van der Waals surface area contributed by atoms with Gasteiger partial charge in [-0.25, -0.2) is 9.18 Å². The number of carbonyl (C=O) groups excluding carboxylic acids is 3. The van der Waals surface area contributed by atoms with Crippen LogP contribution in [0, 0.1) is 5.82 Å². The highest BCUT2D eigenvalue weighted by atomic mass is 19.1. The quantitative estimate of drug-likeness (QED) is 0.611. The average molecular weight is 473 g/mol. The Labute approximate surface area is 193 Å². The number of hydrogen-bond acceptors (Lipinski definition) is 7. The zero-order valence-corrected chi connectivity index (χ0v) is 18.4. The van der Waals surface area contributed by atoms with Gasteiger partial charge in [0.2, 0.25) is 5.91 Å². The van der Waals surface area contributed by atoms with Gasteiger partial charge < -0.3 is 25.1 Å². The van der Waals surface area contributed by atoms with E-state index in [1.165, 1.54) is 34.9 Å². The Hall–Kier alpha value is -4.09. The zero-order valence-electron chi connectivity index (χ0n) is 18.4. The van der Waals surface area contributed by atoms with Gasteiger partial charge in [-0.3, -0.25) is 19.3 Å². The van der Waals surface area contributed by atoms with Crippen LogP contribution in [0.3, 0.4) is 0 Å². The molecule has 1 unspecified atom stereocenters. The normalized spacial score (nSPS) is 18.1. The molecule has 3 amide bonds. The van der Waals surface area contributed by atoms with Crippen LogP contribution in [0.25, 0.3) is 0 Å². The third-order valence-corrected chi connectivity index (χ3v) is 5.75. The first-order valence-corrected chi connectivity index (χ1v) is 10.7. The molecule has 1 atom stereocenters. The molecule has 3 heterocycles. The lowest BCUT2D eigenvalue weighted by Crippen LogP contribution is -2.49. The number of ether oxygens (including phenoxy) is 1. The molecule has 4 rings (SSSR count). The third-order valence-electron chi connectivity index (χ3n) is 5.75. The van der Waals surface area contributed by atoms with Crippen molar-refractivity contribution in [1.29, 1.82) is 0 Å². The summed E-state index contributed by atoms with van der Waals surface area (Å²) in [6, 6.07) is 8.34. The minimum atomic E-state index is -0.699. The molecule has 2 aliphatic heterocycles. The van der Waals surface area contributed by atoms with E-state index >= 15 is 0 Å². The van der Waals surface area contributed by atoms with Crippen molar-refractivity contribution in [3.8, 4) is 0 Å². The molecule has 2 aromatic rings. The fourth-order valence-corrected chi connectivity index (χ4v) is 3.97. The molecule has 2 saturated heterocycles. The zero-order chi connectivity index (χ0) is 24.4. The summed E-state index contributed by atoms with van der Waals surface area (Å²) in [5, 5.41) is 12.4. The Morgan fingerprint density at radius 3 is 2.56 bits per heavy atom. The summed E-state index contributed by atoms with van der Waals surface area (Å²) in [5.74, 6) is -1.25. The second kappa shape index (κ2) is 9.41. The highest BCUT2D eigenvalue weighted by molar-refractivity contribution is 5.92. The Balaban J connectivity index is 1.39. The van der Waals surface area contributed by atoms with Gasteiger partial charge in [0.1, 0.15) is 17.6 Å². The van der Waals surface area contributed by atoms with Gasteiger partial charge >= 0.3 is 6.09 Å². The van der Waals surface area contributed by atoms with Crippen molar-refractivity contribution in [1.82, 2.24) is 14.9 Å². The van der Waals surface area contributed by atoms with Crippen molar-refractivity contribution in [2.24, 2.45) is 0 Å². The second-order valence-corrected chi connectivity index (χ2v) is 8.03. The van der Waals surface area contributed by atoms with Crippen LogP contribution in [0.15, 0.2) is 41.2 Å². The smallest absolute Gasteiger partial charge is 0.414 e. The predicted octanol–water partition coefficient (Wildman–Crippen LogP) is 0.648. The van der Waals surface area contributed by atoms with E-state index in [1.807, 2.05) is 0 Å². The Kier molecular flexibility index (Phi) is 6.39. The number of piperazine rings is 1. The van der Waals surface area contributed by atoms with Gasteiger partial charge in [-0.1, -0.05) is 6.07 Å². The van der Waals surface area contributed by atoms with E-state index < -0.39 is 29.5 Å². The first-order chi connectivity index (χ1) is 16.2. The maximum atomic E-state index is 15.0. The first-order valence-electron chi connectivity index (χ1n) is 10.7. The topological polar surface area (TPSA) is 124 Å². The van der Waals surface area contributed by atoms with E-state index in [2.05, 4.69) is 5.32 Å². The second-order valence-electron chi connectivity index (χ2n) is 8.03. The number of nitrogens with one attached hydrogen (secondary N) is 1. The Morgan fingerprint density at radius 2 is 1.88 bits per heavy atom. The first kappa shape index (κ1) is 23.1. The van der Waals surface area contributed by atoms with Crippen LogP contribution in [0.1, 0.15) is 17.4 Å². The van der Waals surface area contributed by atoms with Crippen molar-refractivity contribution >= 4 is 29.3 Å². The standard InChI is InChI=1S/C22H24FN5O6/c1-14(29)24-12-16-13-27(22(32)34-16)15-5-6-18(17(23)11-15)25-7-9-26(10-8-25)21(31)19-3-2-4-20(30)28(19)33/h2-6,11,16,33H,7-10,12-13H2,1H3,(H,24,29). The molecule has 11 nitrogen and oxygen atoms in total. The SMILES string of the molecule is CC(=O)NCC1CN(c2ccc(N3CCN(C(=O)c4cccc(=O)n4O)CC3)c(F)c2)C(=O)O1. The lowest BCUT2D eigenvalue weighted by molar-refractivity contribution is -0.119. The van der Waals surface area contributed by atoms with Gasteiger partial charge in [-0.2, -0.15) is 0 Å². The number of benzene rings is 1. The highest BCUT2D eigenvalue weighted by Gasteiger charge is 2.33. The molecule has 2 fully saturated rings. The van der Waals surface area contributed by atoms with Crippen LogP contribution in [-0.4, -0.2) is 78.1 Å². The van der Waals surface area contributed by atoms with E-state index in [0.29, 0.717) is 29.2 Å². The number of carbonyl (C=O) groups is 3. The van der Waals surface area contributed by atoms with Crippen LogP contribution >= 0.6 is 0 Å². The maximum absolute atomic E-state index is 15.0. The molecule has 0 bridgehead atoms. The highest BCUT2D eigenvalue weighted by Crippen LogP contribution is 2.28. The summed E-state index contributed by atoms with van der Waals surface area (Å²) < 4.78 is 20.5. The molecule has 12 heteroatoms. The van der Waals surface area contributed by atoms with Gasteiger partial charge in [-0.05, 0) is 24.3 Å². The van der Waals surface area contributed by atoms with Gasteiger partial charge in [0.15, 0.2) is 0 Å². The summed E-state index contributed by atoms with van der Waals surface area (Å²) in [5.41, 5.74) is -0.159. The summed E-state index contributed by atoms with van der Waals surface area (Å²) in [6.07, 6.45) is -1.14. The lowest BCUT2D eigenvalue weighted by atomic mass is 10.2. The van der Waals surface area contributed by atoms with E-state index in [-0.39, 0.29) is 37.8 Å². The minimum absolute atomic E-state index is 0.134. The number of halogens is 1. The van der Waals surface area contributed by atoms with Crippen LogP contribution in [0.5, 0.6) is 0 Å². The molecule has 180 valence electrons. The molecule has 0 spiro atoms. The monoisotopic (exact) mass is 473 g/mol. The number of amides is 3. The van der Waals surface area contributed by atoms with Crippen LogP contribution < -0.4 is 20.7 Å². The van der Waals surface area contributed by atoms with E-state index in [0.717, 1.165) is 6.07 Å². The molecule has 0 aliphatic carbocycles.